The zero-order valence-electron chi connectivity index (χ0n) is 9.74. The number of carbonyl (C=O) groups is 1. The molecule has 0 saturated carbocycles. The van der Waals surface area contributed by atoms with Crippen LogP contribution >= 0.6 is 23.5 Å². The van der Waals surface area contributed by atoms with E-state index in [1.807, 2.05) is 23.5 Å². The van der Waals surface area contributed by atoms with E-state index >= 15 is 0 Å². The molecule has 0 radical (unpaired) electrons. The van der Waals surface area contributed by atoms with Gasteiger partial charge in [0.25, 0.3) is 0 Å². The monoisotopic (exact) mass is 262 g/mol. The Morgan fingerprint density at radius 1 is 1.31 bits per heavy atom. The molecule has 0 aromatic rings. The average molecular weight is 262 g/mol. The van der Waals surface area contributed by atoms with E-state index < -0.39 is 0 Å². The number of hydrogen-bond donors (Lipinski definition) is 2. The number of unbranched alkanes of at least 4 members (excludes halogenated alkanes) is 2. The lowest BCUT2D eigenvalue weighted by Crippen LogP contribution is -2.33. The number of nitrogens with one attached hydrogen (secondary N) is 1. The highest BCUT2D eigenvalue weighted by Gasteiger charge is 2.14. The van der Waals surface area contributed by atoms with Crippen molar-refractivity contribution < 1.29 is 4.79 Å². The molecule has 1 aliphatic heterocycles. The van der Waals surface area contributed by atoms with E-state index in [0.29, 0.717) is 11.7 Å². The maximum absolute atomic E-state index is 11.5. The molecule has 16 heavy (non-hydrogen) atoms. The first-order valence-electron chi connectivity index (χ1n) is 5.99. The molecule has 1 amide bonds. The molecule has 1 saturated heterocycles. The molecule has 1 fully saturated rings. The molecule has 1 unspecified atom stereocenters. The molecule has 1 atom stereocenters. The first-order chi connectivity index (χ1) is 7.83. The summed E-state index contributed by atoms with van der Waals surface area (Å²) < 4.78 is 0. The smallest absolute Gasteiger partial charge is 0.220 e. The van der Waals surface area contributed by atoms with Crippen LogP contribution in [0, 0.1) is 0 Å². The summed E-state index contributed by atoms with van der Waals surface area (Å²) in [6.45, 7) is 1.57. The topological polar surface area (TPSA) is 55.1 Å². The summed E-state index contributed by atoms with van der Waals surface area (Å²) in [6, 6.07) is 0. The van der Waals surface area contributed by atoms with Crippen molar-refractivity contribution in [2.75, 3.05) is 30.3 Å². The van der Waals surface area contributed by atoms with Gasteiger partial charge >= 0.3 is 0 Å². The van der Waals surface area contributed by atoms with Crippen molar-refractivity contribution in [3.8, 4) is 0 Å². The van der Waals surface area contributed by atoms with Crippen LogP contribution in [0.2, 0.25) is 0 Å². The molecule has 3 N–H and O–H groups in total. The fourth-order valence-corrected chi connectivity index (χ4v) is 4.19. The van der Waals surface area contributed by atoms with E-state index in [4.69, 9.17) is 5.73 Å². The minimum atomic E-state index is 0.202. The number of thioether (sulfide) groups is 2. The van der Waals surface area contributed by atoms with Crippen molar-refractivity contribution in [3.05, 3.63) is 0 Å². The quantitative estimate of drug-likeness (QED) is 0.682. The highest BCUT2D eigenvalue weighted by molar-refractivity contribution is 8.06. The Labute approximate surface area is 107 Å². The van der Waals surface area contributed by atoms with E-state index in [1.165, 1.54) is 17.3 Å². The van der Waals surface area contributed by atoms with Crippen LogP contribution in [-0.4, -0.2) is 41.5 Å². The molecule has 1 aliphatic rings. The number of amides is 1. The molecule has 0 aliphatic carbocycles. The van der Waals surface area contributed by atoms with Crippen molar-refractivity contribution in [2.24, 2.45) is 5.73 Å². The Hall–Kier alpha value is 0.130. The highest BCUT2D eigenvalue weighted by Crippen LogP contribution is 2.23. The van der Waals surface area contributed by atoms with E-state index in [0.717, 1.165) is 32.4 Å². The van der Waals surface area contributed by atoms with Gasteiger partial charge in [-0.25, -0.2) is 0 Å². The highest BCUT2D eigenvalue weighted by atomic mass is 32.2. The lowest BCUT2D eigenvalue weighted by Gasteiger charge is -2.21. The summed E-state index contributed by atoms with van der Waals surface area (Å²) in [6.07, 6.45) is 3.72. The van der Waals surface area contributed by atoms with Crippen LogP contribution in [0.3, 0.4) is 0 Å². The van der Waals surface area contributed by atoms with Gasteiger partial charge in [0.2, 0.25) is 5.91 Å². The Kier molecular flexibility index (Phi) is 8.15. The second-order valence-electron chi connectivity index (χ2n) is 3.97. The molecule has 1 rings (SSSR count). The largest absolute Gasteiger partial charge is 0.355 e. The van der Waals surface area contributed by atoms with Gasteiger partial charge in [-0.3, -0.25) is 4.79 Å². The van der Waals surface area contributed by atoms with Crippen LogP contribution < -0.4 is 11.1 Å². The summed E-state index contributed by atoms with van der Waals surface area (Å²) in [4.78, 5) is 11.5. The molecule has 3 nitrogen and oxygen atoms in total. The first-order valence-corrected chi connectivity index (χ1v) is 8.19. The molecule has 0 spiro atoms. The predicted octanol–water partition coefficient (Wildman–Crippen LogP) is 1.47. The number of carbonyl (C=O) groups excluding carboxylic acids is 1. The van der Waals surface area contributed by atoms with E-state index in [1.54, 1.807) is 0 Å². The third-order valence-corrected chi connectivity index (χ3v) is 5.36. The maximum atomic E-state index is 11.5. The van der Waals surface area contributed by atoms with Gasteiger partial charge in [0, 0.05) is 35.5 Å². The van der Waals surface area contributed by atoms with Gasteiger partial charge in [0.1, 0.15) is 0 Å². The fraction of sp³-hybridized carbons (Fsp3) is 0.909. The van der Waals surface area contributed by atoms with Gasteiger partial charge in [-0.15, -0.1) is 0 Å². The first kappa shape index (κ1) is 14.2. The molecule has 94 valence electrons. The van der Waals surface area contributed by atoms with E-state index in [-0.39, 0.29) is 5.91 Å². The summed E-state index contributed by atoms with van der Waals surface area (Å²) in [5, 5.41) is 3.64. The number of hydrogen-bond acceptors (Lipinski definition) is 4. The minimum Gasteiger partial charge on any atom is -0.355 e. The molecule has 1 heterocycles. The van der Waals surface area contributed by atoms with E-state index in [9.17, 15) is 4.79 Å². The minimum absolute atomic E-state index is 0.202. The maximum Gasteiger partial charge on any atom is 0.220 e. The lowest BCUT2D eigenvalue weighted by atomic mass is 10.2. The normalized spacial score (nSPS) is 20.7. The Balaban J connectivity index is 1.96. The van der Waals surface area contributed by atoms with Gasteiger partial charge in [-0.2, -0.15) is 23.5 Å². The summed E-state index contributed by atoms with van der Waals surface area (Å²) in [5.41, 5.74) is 5.40. The van der Waals surface area contributed by atoms with Crippen molar-refractivity contribution in [1.82, 2.24) is 5.32 Å². The van der Waals surface area contributed by atoms with Crippen LogP contribution in [0.1, 0.15) is 25.7 Å². The Morgan fingerprint density at radius 3 is 2.88 bits per heavy atom. The molecule has 0 aromatic carbocycles. The lowest BCUT2D eigenvalue weighted by molar-refractivity contribution is -0.121. The van der Waals surface area contributed by atoms with E-state index in [2.05, 4.69) is 5.32 Å². The molecular weight excluding hydrogens is 240 g/mol. The van der Waals surface area contributed by atoms with Gasteiger partial charge in [-0.1, -0.05) is 6.42 Å². The molecular formula is C11H22N2OS2. The summed E-state index contributed by atoms with van der Waals surface area (Å²) in [5.74, 6) is 3.86. The summed E-state index contributed by atoms with van der Waals surface area (Å²) in [7, 11) is 0. The Bertz CT molecular complexity index is 196. The van der Waals surface area contributed by atoms with Crippen LogP contribution in [0.5, 0.6) is 0 Å². The third-order valence-electron chi connectivity index (χ3n) is 2.52. The van der Waals surface area contributed by atoms with Crippen LogP contribution in [0.4, 0.5) is 0 Å². The zero-order valence-corrected chi connectivity index (χ0v) is 11.4. The molecule has 5 heteroatoms. The number of rotatable bonds is 7. The van der Waals surface area contributed by atoms with Crippen molar-refractivity contribution in [1.29, 1.82) is 0 Å². The van der Waals surface area contributed by atoms with Crippen LogP contribution in [0.25, 0.3) is 0 Å². The van der Waals surface area contributed by atoms with Crippen molar-refractivity contribution in [2.45, 2.75) is 30.9 Å². The average Bonchev–Trinajstić information content (AvgIpc) is 2.33. The molecule has 0 bridgehead atoms. The standard InChI is InChI=1S/C11H22N2OS2/c12-5-3-1-2-4-11(14)13-8-10-9-15-6-7-16-10/h10H,1-9,12H2,(H,13,14). The number of nitrogens with two attached hydrogens (primary N) is 1. The molecule has 0 aromatic heterocycles. The van der Waals surface area contributed by atoms with Crippen LogP contribution in [0.15, 0.2) is 0 Å². The SMILES string of the molecule is NCCCCCC(=O)NCC1CSCCS1. The Morgan fingerprint density at radius 2 is 2.19 bits per heavy atom. The third kappa shape index (κ3) is 6.66. The van der Waals surface area contributed by atoms with Gasteiger partial charge < -0.3 is 11.1 Å². The second-order valence-corrected chi connectivity index (χ2v) is 6.53. The van der Waals surface area contributed by atoms with Crippen molar-refractivity contribution in [3.63, 3.8) is 0 Å². The fourth-order valence-electron chi connectivity index (χ4n) is 1.58. The van der Waals surface area contributed by atoms with Gasteiger partial charge in [0.15, 0.2) is 0 Å². The zero-order chi connectivity index (χ0) is 11.6. The van der Waals surface area contributed by atoms with Gasteiger partial charge in [0.05, 0.1) is 0 Å². The second kappa shape index (κ2) is 9.19. The van der Waals surface area contributed by atoms with Crippen LogP contribution in [-0.2, 0) is 4.79 Å². The predicted molar refractivity (Wildman–Crippen MR) is 74.1 cm³/mol. The summed E-state index contributed by atoms with van der Waals surface area (Å²) >= 11 is 3.98. The van der Waals surface area contributed by atoms with Crippen molar-refractivity contribution >= 4 is 29.4 Å². The van der Waals surface area contributed by atoms with Gasteiger partial charge in [-0.05, 0) is 19.4 Å².